The molecule has 12 heteroatoms. The first-order chi connectivity index (χ1) is 16.2. The number of aryl methyl sites for hydroxylation is 1. The molecular weight excluding hydrogens is 495 g/mol. The number of carbonyl (C=O) groups is 2. The van der Waals surface area contributed by atoms with Crippen LogP contribution >= 0.6 is 11.6 Å². The first-order valence-electron chi connectivity index (χ1n) is 11.2. The molecule has 0 saturated carbocycles. The Balaban J connectivity index is 0.00000432. The molecule has 192 valence electrons. The van der Waals surface area contributed by atoms with Gasteiger partial charge in [0.25, 0.3) is 5.91 Å². The smallest absolute Gasteiger partial charge is 0.361 e. The van der Waals surface area contributed by atoms with Gasteiger partial charge in [0.15, 0.2) is 29.0 Å². The maximum atomic E-state index is 12.8. The second-order valence-corrected chi connectivity index (χ2v) is 8.96. The van der Waals surface area contributed by atoms with E-state index in [1.54, 1.807) is 7.11 Å². The van der Waals surface area contributed by atoms with Crippen LogP contribution in [0.25, 0.3) is 0 Å². The Bertz CT molecular complexity index is 1020. The number of carbonyl (C=O) groups excluding carboxylic acids is 2. The number of rotatable bonds is 9. The molecule has 1 fully saturated rings. The maximum Gasteiger partial charge on any atom is 0.361 e. The third kappa shape index (κ3) is 7.58. The Labute approximate surface area is 216 Å². The first-order valence-corrected chi connectivity index (χ1v) is 11.6. The molecule has 1 saturated heterocycles. The van der Waals surface area contributed by atoms with E-state index in [4.69, 9.17) is 32.5 Å². The van der Waals surface area contributed by atoms with E-state index in [1.165, 1.54) is 12.7 Å². The van der Waals surface area contributed by atoms with Crippen molar-refractivity contribution in [1.82, 2.24) is 15.3 Å². The summed E-state index contributed by atoms with van der Waals surface area (Å²) in [6.07, 6.45) is 3.39. The first kappa shape index (κ1) is 28.4. The van der Waals surface area contributed by atoms with Gasteiger partial charge in [-0.1, -0.05) is 23.7 Å². The molecule has 3 rings (SSSR count). The zero-order valence-corrected chi connectivity index (χ0v) is 21.4. The number of nitrogens with one attached hydrogen (secondary N) is 1. The molecule has 2 atom stereocenters. The quantitative estimate of drug-likeness (QED) is 0.273. The maximum absolute atomic E-state index is 12.8. The lowest BCUT2D eigenvalue weighted by Gasteiger charge is -2.43. The number of nitrogen functional groups attached to an aromatic ring is 2. The van der Waals surface area contributed by atoms with Gasteiger partial charge >= 0.3 is 5.97 Å². The lowest BCUT2D eigenvalue weighted by Crippen LogP contribution is -3.00. The number of benzene rings is 1. The number of methoxy groups -OCH3 is 2. The number of likely N-dealkylation sites (tertiary alicyclic amines) is 1. The second-order valence-electron chi connectivity index (χ2n) is 8.60. The Kier molecular flexibility index (Phi) is 10.4. The predicted octanol–water partition coefficient (Wildman–Crippen LogP) is -1.18. The summed E-state index contributed by atoms with van der Waals surface area (Å²) < 4.78 is 10.7. The number of esters is 1. The molecule has 1 aliphatic rings. The molecule has 2 heterocycles. The van der Waals surface area contributed by atoms with Crippen molar-refractivity contribution in [3.05, 3.63) is 40.7 Å². The minimum Gasteiger partial charge on any atom is -1.00 e. The largest absolute Gasteiger partial charge is 1.00 e. The highest BCUT2D eigenvalue weighted by molar-refractivity contribution is 6.31. The van der Waals surface area contributed by atoms with Crippen LogP contribution in [0.2, 0.25) is 5.15 Å². The number of halogens is 2. The van der Waals surface area contributed by atoms with Crippen LogP contribution < -0.4 is 33.9 Å². The van der Waals surface area contributed by atoms with Crippen LogP contribution in [0.4, 0.5) is 11.6 Å². The van der Waals surface area contributed by atoms with Crippen molar-refractivity contribution in [3.63, 3.8) is 0 Å². The van der Waals surface area contributed by atoms with E-state index in [9.17, 15) is 9.59 Å². The highest BCUT2D eigenvalue weighted by Crippen LogP contribution is 2.23. The van der Waals surface area contributed by atoms with E-state index in [-0.39, 0.29) is 53.4 Å². The molecule has 0 radical (unpaired) electrons. The van der Waals surface area contributed by atoms with Crippen LogP contribution in [0.3, 0.4) is 0 Å². The zero-order valence-electron chi connectivity index (χ0n) is 19.9. The van der Waals surface area contributed by atoms with E-state index < -0.39 is 5.91 Å². The van der Waals surface area contributed by atoms with Crippen molar-refractivity contribution in [1.29, 1.82) is 0 Å². The van der Waals surface area contributed by atoms with E-state index >= 15 is 0 Å². The summed E-state index contributed by atoms with van der Waals surface area (Å²) in [5, 5.41) is 2.92. The monoisotopic (exact) mass is 526 g/mol. The number of nitrogens with two attached hydrogens (primary N) is 2. The Morgan fingerprint density at radius 1 is 1.17 bits per heavy atom. The Morgan fingerprint density at radius 2 is 1.89 bits per heavy atom. The second kappa shape index (κ2) is 12.8. The number of ether oxygens (including phenoxy) is 2. The van der Waals surface area contributed by atoms with Crippen molar-refractivity contribution < 1.29 is 36.0 Å². The molecule has 2 unspecified atom stereocenters. The van der Waals surface area contributed by atoms with Gasteiger partial charge in [-0.2, -0.15) is 0 Å². The minimum absolute atomic E-state index is 0. The summed E-state index contributed by atoms with van der Waals surface area (Å²) >= 11 is 5.92. The SMILES string of the molecule is COC(=O)C[N+]1(CCCc2ccc(OC)cc2)CCCC(NC(=O)c2nc(Cl)c(N)nc2N)C1.[Cl-]. The molecule has 1 aliphatic heterocycles. The summed E-state index contributed by atoms with van der Waals surface area (Å²) in [4.78, 5) is 32.9. The van der Waals surface area contributed by atoms with Gasteiger partial charge in [-0.25, -0.2) is 14.8 Å². The highest BCUT2D eigenvalue weighted by atomic mass is 35.5. The van der Waals surface area contributed by atoms with E-state index in [2.05, 4.69) is 15.3 Å². The van der Waals surface area contributed by atoms with Crippen molar-refractivity contribution in [2.24, 2.45) is 0 Å². The molecule has 0 bridgehead atoms. The minimum atomic E-state index is -0.465. The normalized spacial score (nSPS) is 19.3. The zero-order chi connectivity index (χ0) is 24.7. The molecule has 35 heavy (non-hydrogen) atoms. The van der Waals surface area contributed by atoms with Gasteiger partial charge in [-0.3, -0.25) is 4.79 Å². The lowest BCUT2D eigenvalue weighted by atomic mass is 10.00. The average Bonchev–Trinajstić information content (AvgIpc) is 2.82. The third-order valence-electron chi connectivity index (χ3n) is 6.20. The van der Waals surface area contributed by atoms with Crippen molar-refractivity contribution in [2.75, 3.05) is 51.9 Å². The van der Waals surface area contributed by atoms with Crippen LogP contribution in [-0.2, 0) is 16.0 Å². The van der Waals surface area contributed by atoms with E-state index in [1.807, 2.05) is 24.3 Å². The standard InChI is InChI=1S/C23H31ClN6O4.ClH/c1-33-17-9-7-15(8-10-17)5-3-11-30(14-18(31)34-2)12-4-6-16(13-30)27-23(32)19-21(25)29-22(26)20(24)28-19;/h7-10,16H,3-6,11-14H2,1-2H3,(H4-,25,26,27,29,32);1H. The summed E-state index contributed by atoms with van der Waals surface area (Å²) in [7, 11) is 3.04. The van der Waals surface area contributed by atoms with Gasteiger partial charge in [0.05, 0.1) is 39.9 Å². The summed E-state index contributed by atoms with van der Waals surface area (Å²) in [5.74, 6) is -0.0191. The van der Waals surface area contributed by atoms with Gasteiger partial charge in [-0.05, 0) is 37.0 Å². The number of nitrogens with zero attached hydrogens (tertiary/aromatic N) is 3. The molecular formula is C23H32Cl2N6O4. The lowest BCUT2D eigenvalue weighted by molar-refractivity contribution is -0.926. The number of hydrogen-bond acceptors (Lipinski definition) is 8. The topological polar surface area (TPSA) is 142 Å². The predicted molar refractivity (Wildman–Crippen MR) is 129 cm³/mol. The van der Waals surface area contributed by atoms with Crippen molar-refractivity contribution >= 4 is 35.1 Å². The number of quaternary nitrogens is 1. The molecule has 0 aliphatic carbocycles. The Hall–Kier alpha value is -2.82. The van der Waals surface area contributed by atoms with Crippen LogP contribution in [0.15, 0.2) is 24.3 Å². The fraction of sp³-hybridized carbons (Fsp3) is 0.478. The molecule has 1 aromatic carbocycles. The number of aromatic nitrogens is 2. The molecule has 5 N–H and O–H groups in total. The van der Waals surface area contributed by atoms with E-state index in [0.717, 1.165) is 44.5 Å². The van der Waals surface area contributed by atoms with Gasteiger partial charge < -0.3 is 43.1 Å². The molecule has 1 amide bonds. The molecule has 2 aromatic rings. The number of anilines is 2. The highest BCUT2D eigenvalue weighted by Gasteiger charge is 2.38. The van der Waals surface area contributed by atoms with Crippen molar-refractivity contribution in [2.45, 2.75) is 31.7 Å². The van der Waals surface area contributed by atoms with Gasteiger partial charge in [0.1, 0.15) is 5.75 Å². The average molecular weight is 527 g/mol. The number of piperidine rings is 1. The molecule has 1 aromatic heterocycles. The van der Waals surface area contributed by atoms with Gasteiger partial charge in [-0.15, -0.1) is 0 Å². The fourth-order valence-electron chi connectivity index (χ4n) is 4.48. The van der Waals surface area contributed by atoms with Crippen LogP contribution in [-0.4, -0.2) is 72.8 Å². The van der Waals surface area contributed by atoms with Gasteiger partial charge in [0, 0.05) is 6.42 Å². The summed E-state index contributed by atoms with van der Waals surface area (Å²) in [6.45, 7) is 2.46. The van der Waals surface area contributed by atoms with Crippen LogP contribution in [0.1, 0.15) is 35.3 Å². The number of hydrogen-bond donors (Lipinski definition) is 3. The summed E-state index contributed by atoms with van der Waals surface area (Å²) in [6, 6.07) is 7.82. The van der Waals surface area contributed by atoms with E-state index in [0.29, 0.717) is 11.0 Å². The van der Waals surface area contributed by atoms with Crippen LogP contribution in [0.5, 0.6) is 5.75 Å². The van der Waals surface area contributed by atoms with Crippen LogP contribution in [0, 0.1) is 0 Å². The summed E-state index contributed by atoms with van der Waals surface area (Å²) in [5.41, 5.74) is 12.6. The van der Waals surface area contributed by atoms with Crippen molar-refractivity contribution in [3.8, 4) is 5.75 Å². The molecule has 0 spiro atoms. The number of amides is 1. The third-order valence-corrected chi connectivity index (χ3v) is 6.48. The Morgan fingerprint density at radius 3 is 2.54 bits per heavy atom. The molecule has 10 nitrogen and oxygen atoms in total. The van der Waals surface area contributed by atoms with Gasteiger partial charge in [0.2, 0.25) is 0 Å². The fourth-order valence-corrected chi connectivity index (χ4v) is 4.61.